The molecule has 0 unspecified atom stereocenters. The number of hydrogen-bond donors (Lipinski definition) is 3. The third kappa shape index (κ3) is 3.28. The summed E-state index contributed by atoms with van der Waals surface area (Å²) in [7, 11) is 0. The summed E-state index contributed by atoms with van der Waals surface area (Å²) in [6.07, 6.45) is 1.33. The zero-order valence-electron chi connectivity index (χ0n) is 15.2. The van der Waals surface area contributed by atoms with Gasteiger partial charge in [-0.05, 0) is 43.0 Å². The summed E-state index contributed by atoms with van der Waals surface area (Å²) in [6.45, 7) is 3.11. The highest BCUT2D eigenvalue weighted by Gasteiger charge is 2.42. The van der Waals surface area contributed by atoms with E-state index in [4.69, 9.17) is 4.74 Å². The van der Waals surface area contributed by atoms with Crippen molar-refractivity contribution in [3.8, 4) is 0 Å². The van der Waals surface area contributed by atoms with Crippen molar-refractivity contribution >= 4 is 16.9 Å². The molecule has 3 N–H and O–H groups in total. The highest BCUT2D eigenvalue weighted by atomic mass is 16.5. The van der Waals surface area contributed by atoms with Crippen LogP contribution in [0.5, 0.6) is 0 Å². The molecule has 2 heterocycles. The molecule has 1 atom stereocenters. The number of nitrogens with one attached hydrogen (secondary N) is 3. The van der Waals surface area contributed by atoms with Crippen LogP contribution in [0.4, 0.5) is 0 Å². The van der Waals surface area contributed by atoms with Gasteiger partial charge in [0, 0.05) is 13.2 Å². The fourth-order valence-corrected chi connectivity index (χ4v) is 3.86. The molecule has 0 bridgehead atoms. The quantitative estimate of drug-likeness (QED) is 0.664. The lowest BCUT2D eigenvalue weighted by Gasteiger charge is -2.37. The van der Waals surface area contributed by atoms with Crippen LogP contribution in [-0.4, -0.2) is 29.1 Å². The average Bonchev–Trinajstić information content (AvgIpc) is 3.08. The third-order valence-corrected chi connectivity index (χ3v) is 5.49. The number of ether oxygens (including phenoxy) is 1. The van der Waals surface area contributed by atoms with E-state index in [0.717, 1.165) is 22.2 Å². The van der Waals surface area contributed by atoms with Gasteiger partial charge in [-0.3, -0.25) is 4.79 Å². The Bertz CT molecular complexity index is 1000. The van der Waals surface area contributed by atoms with E-state index < -0.39 is 5.41 Å². The van der Waals surface area contributed by atoms with Crippen molar-refractivity contribution < 1.29 is 9.53 Å². The van der Waals surface area contributed by atoms with Gasteiger partial charge in [0.15, 0.2) is 0 Å². The second-order valence-corrected chi connectivity index (χ2v) is 7.14. The number of hydrogen-bond acceptors (Lipinski definition) is 3. The number of fused-ring (bicyclic) bond motifs is 1. The van der Waals surface area contributed by atoms with Crippen molar-refractivity contribution in [3.63, 3.8) is 0 Å². The number of carbonyl (C=O) groups is 1. The Morgan fingerprint density at radius 3 is 2.52 bits per heavy atom. The molecule has 4 rings (SSSR count). The van der Waals surface area contributed by atoms with Crippen molar-refractivity contribution in [2.45, 2.75) is 31.2 Å². The minimum absolute atomic E-state index is 0.0205. The van der Waals surface area contributed by atoms with Crippen LogP contribution in [0.25, 0.3) is 11.0 Å². The normalized spacial score (nSPS) is 17.5. The Balaban J connectivity index is 1.60. The molecule has 0 radical (unpaired) electrons. The smallest absolute Gasteiger partial charge is 0.323 e. The van der Waals surface area contributed by atoms with Gasteiger partial charge < -0.3 is 20.0 Å². The molecule has 1 aliphatic heterocycles. The van der Waals surface area contributed by atoms with Crippen LogP contribution in [0.3, 0.4) is 0 Å². The SMILES string of the molecule is C[C@@H](NC(=O)C1(c2ccccc2)CCOCC1)c1ccc2[nH]c(=O)[nH]c2c1. The predicted molar refractivity (Wildman–Crippen MR) is 104 cm³/mol. The fourth-order valence-electron chi connectivity index (χ4n) is 3.86. The molecule has 0 spiro atoms. The number of aromatic nitrogens is 2. The highest BCUT2D eigenvalue weighted by Crippen LogP contribution is 2.35. The first-order valence-corrected chi connectivity index (χ1v) is 9.25. The Morgan fingerprint density at radius 1 is 1.07 bits per heavy atom. The van der Waals surface area contributed by atoms with Gasteiger partial charge >= 0.3 is 5.69 Å². The minimum Gasteiger partial charge on any atom is -0.381 e. The van der Waals surface area contributed by atoms with Crippen molar-refractivity contribution in [1.29, 1.82) is 0 Å². The first-order chi connectivity index (χ1) is 13.1. The van der Waals surface area contributed by atoms with Crippen molar-refractivity contribution in [3.05, 3.63) is 70.1 Å². The van der Waals surface area contributed by atoms with Crippen LogP contribution in [0.2, 0.25) is 0 Å². The van der Waals surface area contributed by atoms with Gasteiger partial charge in [-0.15, -0.1) is 0 Å². The minimum atomic E-state index is -0.569. The zero-order chi connectivity index (χ0) is 18.9. The molecule has 1 aromatic heterocycles. The van der Waals surface area contributed by atoms with Gasteiger partial charge in [-0.2, -0.15) is 0 Å². The molecule has 0 aliphatic carbocycles. The number of aromatic amines is 2. The van der Waals surface area contributed by atoms with Gasteiger partial charge in [0.05, 0.1) is 22.5 Å². The molecule has 1 saturated heterocycles. The lowest BCUT2D eigenvalue weighted by molar-refractivity contribution is -0.131. The molecule has 1 aliphatic rings. The van der Waals surface area contributed by atoms with Crippen LogP contribution in [0, 0.1) is 0 Å². The standard InChI is InChI=1S/C21H23N3O3/c1-14(15-7-8-17-18(13-15)24-20(26)23-17)22-19(25)21(9-11-27-12-10-21)16-5-3-2-4-6-16/h2-8,13-14H,9-12H2,1H3,(H,22,25)(H2,23,24,26)/t14-/m1/s1. The maximum absolute atomic E-state index is 13.3. The first-order valence-electron chi connectivity index (χ1n) is 9.25. The van der Waals surface area contributed by atoms with Gasteiger partial charge in [-0.1, -0.05) is 36.4 Å². The molecule has 3 aromatic rings. The zero-order valence-corrected chi connectivity index (χ0v) is 15.2. The Labute approximate surface area is 156 Å². The molecule has 2 aromatic carbocycles. The number of imidazole rings is 1. The summed E-state index contributed by atoms with van der Waals surface area (Å²) in [5, 5.41) is 3.18. The van der Waals surface area contributed by atoms with Crippen LogP contribution in [0.1, 0.15) is 36.9 Å². The van der Waals surface area contributed by atoms with Crippen molar-refractivity contribution in [2.75, 3.05) is 13.2 Å². The largest absolute Gasteiger partial charge is 0.381 e. The molecule has 140 valence electrons. The number of amides is 1. The van der Waals surface area contributed by atoms with Crippen LogP contribution in [-0.2, 0) is 14.9 Å². The predicted octanol–water partition coefficient (Wildman–Crippen LogP) is 2.78. The lowest BCUT2D eigenvalue weighted by Crippen LogP contribution is -2.48. The third-order valence-electron chi connectivity index (χ3n) is 5.49. The molecule has 0 saturated carbocycles. The maximum atomic E-state index is 13.3. The number of carbonyl (C=O) groups excluding carboxylic acids is 1. The molecule has 6 nitrogen and oxygen atoms in total. The molecular formula is C21H23N3O3. The van der Waals surface area contributed by atoms with E-state index in [-0.39, 0.29) is 17.6 Å². The van der Waals surface area contributed by atoms with Gasteiger partial charge in [0.1, 0.15) is 0 Å². The van der Waals surface area contributed by atoms with Gasteiger partial charge in [0.2, 0.25) is 5.91 Å². The topological polar surface area (TPSA) is 87.0 Å². The summed E-state index contributed by atoms with van der Waals surface area (Å²) in [4.78, 5) is 30.3. The van der Waals surface area contributed by atoms with Crippen molar-refractivity contribution in [2.24, 2.45) is 0 Å². The summed E-state index contributed by atoms with van der Waals surface area (Å²) < 4.78 is 5.52. The summed E-state index contributed by atoms with van der Waals surface area (Å²) in [5.41, 5.74) is 2.67. The average molecular weight is 365 g/mol. The Kier molecular flexibility index (Phi) is 4.58. The number of rotatable bonds is 4. The second kappa shape index (κ2) is 7.04. The Morgan fingerprint density at radius 2 is 1.78 bits per heavy atom. The van der Waals surface area contributed by atoms with Gasteiger partial charge in [0.25, 0.3) is 0 Å². The second-order valence-electron chi connectivity index (χ2n) is 7.14. The monoisotopic (exact) mass is 365 g/mol. The van der Waals surface area contributed by atoms with Gasteiger partial charge in [-0.25, -0.2) is 4.79 Å². The molecule has 27 heavy (non-hydrogen) atoms. The van der Waals surface area contributed by atoms with E-state index in [2.05, 4.69) is 15.3 Å². The maximum Gasteiger partial charge on any atom is 0.323 e. The van der Waals surface area contributed by atoms with Crippen LogP contribution >= 0.6 is 0 Å². The lowest BCUT2D eigenvalue weighted by atomic mass is 9.73. The van der Waals surface area contributed by atoms with Crippen LogP contribution in [0.15, 0.2) is 53.3 Å². The molecule has 1 amide bonds. The summed E-state index contributed by atoms with van der Waals surface area (Å²) in [5.74, 6) is 0.0205. The van der Waals surface area contributed by atoms with E-state index in [9.17, 15) is 9.59 Å². The van der Waals surface area contributed by atoms with E-state index in [0.29, 0.717) is 26.1 Å². The van der Waals surface area contributed by atoms with E-state index in [1.165, 1.54) is 0 Å². The molecular weight excluding hydrogens is 342 g/mol. The highest BCUT2D eigenvalue weighted by molar-refractivity contribution is 5.89. The van der Waals surface area contributed by atoms with E-state index >= 15 is 0 Å². The Hall–Kier alpha value is -2.86. The van der Waals surface area contributed by atoms with Crippen LogP contribution < -0.4 is 11.0 Å². The number of H-pyrrole nitrogens is 2. The van der Waals surface area contributed by atoms with E-state index in [1.807, 2.05) is 55.5 Å². The van der Waals surface area contributed by atoms with Crippen molar-refractivity contribution in [1.82, 2.24) is 15.3 Å². The first kappa shape index (κ1) is 17.5. The van der Waals surface area contributed by atoms with E-state index in [1.54, 1.807) is 0 Å². The fraction of sp³-hybridized carbons (Fsp3) is 0.333. The molecule has 1 fully saturated rings. The summed E-state index contributed by atoms with van der Waals surface area (Å²) in [6, 6.07) is 15.4. The summed E-state index contributed by atoms with van der Waals surface area (Å²) >= 11 is 0. The molecule has 6 heteroatoms. The number of benzene rings is 2.